The van der Waals surface area contributed by atoms with Gasteiger partial charge in [-0.3, -0.25) is 4.79 Å². The van der Waals surface area contributed by atoms with Crippen molar-refractivity contribution in [2.24, 2.45) is 11.7 Å². The monoisotopic (exact) mass is 266 g/mol. The van der Waals surface area contributed by atoms with Gasteiger partial charge in [0.25, 0.3) is 5.91 Å². The quantitative estimate of drug-likeness (QED) is 0.832. The Labute approximate surface area is 110 Å². The second-order valence-electron chi connectivity index (χ2n) is 5.05. The van der Waals surface area contributed by atoms with Gasteiger partial charge in [0.2, 0.25) is 0 Å². The van der Waals surface area contributed by atoms with Gasteiger partial charge in [0, 0.05) is 24.5 Å². The van der Waals surface area contributed by atoms with Crippen LogP contribution in [-0.2, 0) is 6.54 Å². The number of rotatable bonds is 3. The van der Waals surface area contributed by atoms with Crippen molar-refractivity contribution >= 4 is 17.2 Å². The number of carbonyl (C=O) groups excluding carboxylic acids is 1. The molecule has 0 radical (unpaired) electrons. The van der Waals surface area contributed by atoms with Gasteiger partial charge in [-0.15, -0.1) is 11.3 Å². The van der Waals surface area contributed by atoms with E-state index >= 15 is 0 Å². The zero-order valence-corrected chi connectivity index (χ0v) is 11.1. The maximum Gasteiger partial charge on any atom is 0.271 e. The average Bonchev–Trinajstić information content (AvgIpc) is 2.89. The van der Waals surface area contributed by atoms with Crippen LogP contribution < -0.4 is 11.1 Å². The molecule has 1 amide bonds. The van der Waals surface area contributed by atoms with Crippen LogP contribution in [0.2, 0.25) is 0 Å². The van der Waals surface area contributed by atoms with Gasteiger partial charge in [-0.25, -0.2) is 4.98 Å². The summed E-state index contributed by atoms with van der Waals surface area (Å²) in [6.07, 6.45) is 2.41. The summed E-state index contributed by atoms with van der Waals surface area (Å²) in [5.74, 6) is 0.594. The summed E-state index contributed by atoms with van der Waals surface area (Å²) in [4.78, 5) is 18.7. The smallest absolute Gasteiger partial charge is 0.271 e. The minimum atomic E-state index is -0.0512. The first kappa shape index (κ1) is 12.1. The van der Waals surface area contributed by atoms with Crippen molar-refractivity contribution in [3.63, 3.8) is 0 Å². The van der Waals surface area contributed by atoms with Gasteiger partial charge in [-0.05, 0) is 31.8 Å². The van der Waals surface area contributed by atoms with Crippen molar-refractivity contribution in [3.05, 3.63) is 16.1 Å². The zero-order chi connectivity index (χ0) is 12.5. The van der Waals surface area contributed by atoms with Crippen molar-refractivity contribution in [2.75, 3.05) is 19.6 Å². The Kier molecular flexibility index (Phi) is 3.32. The highest BCUT2D eigenvalue weighted by Gasteiger charge is 2.35. The standard InChI is InChI=1S/C12H18N4OS/c13-5-11-14-10(7-18-11)12(17)15-9-6-16-3-1-8(9)2-4-16/h7-9H,1-6,13H2,(H,15,17). The normalized spacial score (nSPS) is 30.4. The number of amides is 1. The predicted molar refractivity (Wildman–Crippen MR) is 70.4 cm³/mol. The maximum atomic E-state index is 12.1. The molecule has 98 valence electrons. The van der Waals surface area contributed by atoms with E-state index in [4.69, 9.17) is 5.73 Å². The van der Waals surface area contributed by atoms with Crippen LogP contribution in [0.3, 0.4) is 0 Å². The van der Waals surface area contributed by atoms with E-state index < -0.39 is 0 Å². The molecule has 3 aliphatic heterocycles. The molecular formula is C12H18N4OS. The lowest BCUT2D eigenvalue weighted by Crippen LogP contribution is -2.57. The second-order valence-corrected chi connectivity index (χ2v) is 5.99. The molecule has 1 aromatic rings. The van der Waals surface area contributed by atoms with Gasteiger partial charge in [0.15, 0.2) is 0 Å². The molecule has 0 aliphatic carbocycles. The summed E-state index contributed by atoms with van der Waals surface area (Å²) in [6.45, 7) is 3.76. The van der Waals surface area contributed by atoms with E-state index in [0.717, 1.165) is 11.6 Å². The topological polar surface area (TPSA) is 71.2 Å². The fourth-order valence-corrected chi connectivity index (χ4v) is 3.53. The number of nitrogens with zero attached hydrogens (tertiary/aromatic N) is 2. The Hall–Kier alpha value is -0.980. The summed E-state index contributed by atoms with van der Waals surface area (Å²) >= 11 is 1.45. The minimum Gasteiger partial charge on any atom is -0.346 e. The van der Waals surface area contributed by atoms with Crippen LogP contribution in [0.15, 0.2) is 5.38 Å². The Bertz CT molecular complexity index is 439. The van der Waals surface area contributed by atoms with Gasteiger partial charge >= 0.3 is 0 Å². The summed E-state index contributed by atoms with van der Waals surface area (Å²) in [5.41, 5.74) is 6.02. The van der Waals surface area contributed by atoms with E-state index in [9.17, 15) is 4.79 Å². The summed E-state index contributed by atoms with van der Waals surface area (Å²) in [7, 11) is 0. The van der Waals surface area contributed by atoms with Gasteiger partial charge in [0.05, 0.1) is 0 Å². The summed E-state index contributed by atoms with van der Waals surface area (Å²) < 4.78 is 0. The van der Waals surface area contributed by atoms with Crippen molar-refractivity contribution in [1.29, 1.82) is 0 Å². The third-order valence-electron chi connectivity index (χ3n) is 3.93. The van der Waals surface area contributed by atoms with Gasteiger partial charge < -0.3 is 16.0 Å². The van der Waals surface area contributed by atoms with Gasteiger partial charge in [-0.1, -0.05) is 0 Å². The van der Waals surface area contributed by atoms with Crippen LogP contribution in [0.25, 0.3) is 0 Å². The fraction of sp³-hybridized carbons (Fsp3) is 0.667. The molecule has 3 aliphatic rings. The molecule has 1 unspecified atom stereocenters. The molecule has 2 bridgehead atoms. The number of carbonyl (C=O) groups is 1. The zero-order valence-electron chi connectivity index (χ0n) is 10.3. The molecule has 4 rings (SSSR count). The minimum absolute atomic E-state index is 0.0512. The summed E-state index contributed by atoms with van der Waals surface area (Å²) in [6, 6.07) is 0.294. The number of aromatic nitrogens is 1. The van der Waals surface area contributed by atoms with Gasteiger partial charge in [0.1, 0.15) is 10.7 Å². The van der Waals surface area contributed by atoms with Crippen molar-refractivity contribution in [3.8, 4) is 0 Å². The van der Waals surface area contributed by atoms with E-state index in [1.165, 1.54) is 37.3 Å². The number of nitrogens with two attached hydrogens (primary N) is 1. The number of thiazole rings is 1. The average molecular weight is 266 g/mol. The molecule has 1 aromatic heterocycles. The summed E-state index contributed by atoms with van der Waals surface area (Å²) in [5, 5.41) is 5.73. The molecule has 0 aromatic carbocycles. The van der Waals surface area contributed by atoms with Crippen molar-refractivity contribution in [2.45, 2.75) is 25.4 Å². The highest BCUT2D eigenvalue weighted by atomic mass is 32.1. The van der Waals surface area contributed by atoms with Gasteiger partial charge in [-0.2, -0.15) is 0 Å². The van der Waals surface area contributed by atoms with Crippen LogP contribution in [0.5, 0.6) is 0 Å². The molecule has 5 nitrogen and oxygen atoms in total. The van der Waals surface area contributed by atoms with Crippen molar-refractivity contribution < 1.29 is 4.79 Å². The Morgan fingerprint density at radius 2 is 2.33 bits per heavy atom. The molecule has 3 saturated heterocycles. The molecule has 18 heavy (non-hydrogen) atoms. The first-order chi connectivity index (χ1) is 8.76. The molecule has 0 spiro atoms. The largest absolute Gasteiger partial charge is 0.346 e. The predicted octanol–water partition coefficient (Wildman–Crippen LogP) is 0.426. The highest BCUT2D eigenvalue weighted by Crippen LogP contribution is 2.27. The first-order valence-electron chi connectivity index (χ1n) is 6.44. The highest BCUT2D eigenvalue weighted by molar-refractivity contribution is 7.09. The van der Waals surface area contributed by atoms with Crippen LogP contribution >= 0.6 is 11.3 Å². The lowest BCUT2D eigenvalue weighted by molar-refractivity contribution is 0.0618. The number of fused-ring (bicyclic) bond motifs is 3. The molecule has 3 N–H and O–H groups in total. The SMILES string of the molecule is NCc1nc(C(=O)NC2CN3CCC2CC3)cs1. The molecule has 1 atom stereocenters. The van der Waals surface area contributed by atoms with E-state index in [-0.39, 0.29) is 5.91 Å². The number of hydrogen-bond acceptors (Lipinski definition) is 5. The molecular weight excluding hydrogens is 248 g/mol. The lowest BCUT2D eigenvalue weighted by atomic mass is 9.84. The van der Waals surface area contributed by atoms with Crippen molar-refractivity contribution in [1.82, 2.24) is 15.2 Å². The third kappa shape index (κ3) is 2.28. The Morgan fingerprint density at radius 1 is 1.56 bits per heavy atom. The fourth-order valence-electron chi connectivity index (χ4n) is 2.88. The molecule has 0 saturated carbocycles. The van der Waals surface area contributed by atoms with E-state index in [0.29, 0.717) is 24.2 Å². The maximum absolute atomic E-state index is 12.1. The Morgan fingerprint density at radius 3 is 2.89 bits per heavy atom. The molecule has 6 heteroatoms. The van der Waals surface area contributed by atoms with Crippen LogP contribution in [-0.4, -0.2) is 41.5 Å². The van der Waals surface area contributed by atoms with E-state index in [1.807, 2.05) is 0 Å². The number of hydrogen-bond donors (Lipinski definition) is 2. The van der Waals surface area contributed by atoms with Crippen LogP contribution in [0.4, 0.5) is 0 Å². The second kappa shape index (κ2) is 4.95. The number of nitrogens with one attached hydrogen (secondary N) is 1. The van der Waals surface area contributed by atoms with Crippen LogP contribution in [0, 0.1) is 5.92 Å². The third-order valence-corrected chi connectivity index (χ3v) is 4.80. The number of piperidine rings is 3. The van der Waals surface area contributed by atoms with E-state index in [2.05, 4.69) is 15.2 Å². The Balaban J connectivity index is 1.64. The van der Waals surface area contributed by atoms with E-state index in [1.54, 1.807) is 5.38 Å². The first-order valence-corrected chi connectivity index (χ1v) is 7.32. The van der Waals surface area contributed by atoms with Crippen LogP contribution in [0.1, 0.15) is 28.3 Å². The lowest BCUT2D eigenvalue weighted by Gasteiger charge is -2.44. The molecule has 4 heterocycles. The molecule has 3 fully saturated rings.